The van der Waals surface area contributed by atoms with Crippen molar-refractivity contribution in [1.82, 2.24) is 9.97 Å². The Bertz CT molecular complexity index is 1100. The fourth-order valence-corrected chi connectivity index (χ4v) is 4.16. The normalized spacial score (nSPS) is 13.6. The van der Waals surface area contributed by atoms with Gasteiger partial charge in [-0.1, -0.05) is 30.0 Å². The second kappa shape index (κ2) is 10.3. The third kappa shape index (κ3) is 5.83. The van der Waals surface area contributed by atoms with Gasteiger partial charge in [0.25, 0.3) is 0 Å². The predicted molar refractivity (Wildman–Crippen MR) is 123 cm³/mol. The van der Waals surface area contributed by atoms with Crippen molar-refractivity contribution in [3.8, 4) is 0 Å². The van der Waals surface area contributed by atoms with Crippen molar-refractivity contribution in [3.05, 3.63) is 72.2 Å². The lowest BCUT2D eigenvalue weighted by atomic mass is 10.1. The zero-order valence-corrected chi connectivity index (χ0v) is 18.2. The number of ether oxygens (including phenoxy) is 1. The summed E-state index contributed by atoms with van der Waals surface area (Å²) in [5.74, 6) is -1.15. The van der Waals surface area contributed by atoms with Crippen LogP contribution in [0.15, 0.2) is 70.7 Å². The van der Waals surface area contributed by atoms with Crippen LogP contribution in [-0.4, -0.2) is 48.1 Å². The molecule has 2 heterocycles. The van der Waals surface area contributed by atoms with Crippen LogP contribution in [0.3, 0.4) is 0 Å². The van der Waals surface area contributed by atoms with Crippen LogP contribution in [-0.2, 0) is 20.7 Å². The standard InChI is InChI=1S/C23H23N5O3S/c24-22(29)23(30)26-17-2-1-3-19(15-17)32-21-8-9-25-20(27-21)14-16-4-6-18(7-5-16)28-10-12-31-13-11-28/h1-9,15H,10-14H2,(H2,24,29)(H,26,30). The number of rotatable bonds is 6. The molecule has 164 valence electrons. The summed E-state index contributed by atoms with van der Waals surface area (Å²) in [6, 6.07) is 17.5. The molecule has 1 aliphatic rings. The van der Waals surface area contributed by atoms with Gasteiger partial charge in [-0.15, -0.1) is 0 Å². The van der Waals surface area contributed by atoms with Gasteiger partial charge in [0.1, 0.15) is 10.9 Å². The molecule has 0 unspecified atom stereocenters. The molecule has 3 N–H and O–H groups in total. The average Bonchev–Trinajstić information content (AvgIpc) is 2.80. The molecule has 32 heavy (non-hydrogen) atoms. The van der Waals surface area contributed by atoms with E-state index in [0.717, 1.165) is 47.6 Å². The van der Waals surface area contributed by atoms with Crippen molar-refractivity contribution < 1.29 is 14.3 Å². The Morgan fingerprint density at radius 1 is 1.09 bits per heavy atom. The van der Waals surface area contributed by atoms with Crippen LogP contribution >= 0.6 is 11.8 Å². The maximum absolute atomic E-state index is 11.5. The molecular formula is C23H23N5O3S. The van der Waals surface area contributed by atoms with Crippen molar-refractivity contribution in [3.63, 3.8) is 0 Å². The minimum atomic E-state index is -1.03. The summed E-state index contributed by atoms with van der Waals surface area (Å²) in [5.41, 5.74) is 7.82. The molecule has 1 fully saturated rings. The van der Waals surface area contributed by atoms with E-state index in [1.807, 2.05) is 12.1 Å². The van der Waals surface area contributed by atoms with Crippen molar-refractivity contribution in [2.24, 2.45) is 5.73 Å². The fraction of sp³-hybridized carbons (Fsp3) is 0.217. The summed E-state index contributed by atoms with van der Waals surface area (Å²) in [5, 5.41) is 3.26. The van der Waals surface area contributed by atoms with Gasteiger partial charge in [-0.25, -0.2) is 9.97 Å². The molecule has 1 aliphatic heterocycles. The molecule has 4 rings (SSSR count). The summed E-state index contributed by atoms with van der Waals surface area (Å²) in [4.78, 5) is 34.7. The molecule has 0 atom stereocenters. The molecular weight excluding hydrogens is 426 g/mol. The second-order valence-corrected chi connectivity index (χ2v) is 8.30. The number of anilines is 2. The Morgan fingerprint density at radius 3 is 2.62 bits per heavy atom. The Hall–Kier alpha value is -3.43. The number of hydrogen-bond donors (Lipinski definition) is 2. The maximum Gasteiger partial charge on any atom is 0.313 e. The average molecular weight is 450 g/mol. The van der Waals surface area contributed by atoms with Crippen molar-refractivity contribution >= 4 is 35.0 Å². The number of hydrogen-bond acceptors (Lipinski definition) is 7. The fourth-order valence-electron chi connectivity index (χ4n) is 3.30. The van der Waals surface area contributed by atoms with E-state index in [9.17, 15) is 9.59 Å². The molecule has 1 aromatic heterocycles. The molecule has 0 bridgehead atoms. The topological polar surface area (TPSA) is 110 Å². The summed E-state index contributed by atoms with van der Waals surface area (Å²) in [7, 11) is 0. The Labute approximate surface area is 190 Å². The molecule has 1 saturated heterocycles. The number of nitrogens with zero attached hydrogens (tertiary/aromatic N) is 3. The Balaban J connectivity index is 1.40. The number of nitrogens with two attached hydrogens (primary N) is 1. The van der Waals surface area contributed by atoms with E-state index < -0.39 is 11.8 Å². The number of morpholine rings is 1. The van der Waals surface area contributed by atoms with Crippen LogP contribution in [0, 0.1) is 0 Å². The smallest absolute Gasteiger partial charge is 0.313 e. The highest BCUT2D eigenvalue weighted by molar-refractivity contribution is 7.99. The SMILES string of the molecule is NC(=O)C(=O)Nc1cccc(Sc2ccnc(Cc3ccc(N4CCOCC4)cc3)n2)c1. The predicted octanol–water partition coefficient (Wildman–Crippen LogP) is 2.48. The third-order valence-electron chi connectivity index (χ3n) is 4.89. The molecule has 0 aliphatic carbocycles. The summed E-state index contributed by atoms with van der Waals surface area (Å²) in [6.45, 7) is 3.35. The first-order chi connectivity index (χ1) is 15.6. The molecule has 0 spiro atoms. The highest BCUT2D eigenvalue weighted by Crippen LogP contribution is 2.28. The van der Waals surface area contributed by atoms with Crippen LogP contribution < -0.4 is 16.0 Å². The number of aromatic nitrogens is 2. The number of nitrogens with one attached hydrogen (secondary N) is 1. The van der Waals surface area contributed by atoms with Gasteiger partial charge >= 0.3 is 11.8 Å². The quantitative estimate of drug-likeness (QED) is 0.439. The molecule has 2 aromatic carbocycles. The molecule has 0 saturated carbocycles. The Kier molecular flexibility index (Phi) is 6.98. The number of primary amides is 1. The second-order valence-electron chi connectivity index (χ2n) is 7.20. The van der Waals surface area contributed by atoms with Gasteiger partial charge in [0.15, 0.2) is 0 Å². The highest BCUT2D eigenvalue weighted by atomic mass is 32.2. The summed E-state index contributed by atoms with van der Waals surface area (Å²) in [6.07, 6.45) is 2.37. The minimum Gasteiger partial charge on any atom is -0.378 e. The number of benzene rings is 2. The monoisotopic (exact) mass is 449 g/mol. The molecule has 3 aromatic rings. The summed E-state index contributed by atoms with van der Waals surface area (Å²) >= 11 is 1.45. The number of carbonyl (C=O) groups is 2. The van der Waals surface area contributed by atoms with Gasteiger partial charge in [0.05, 0.1) is 13.2 Å². The zero-order valence-electron chi connectivity index (χ0n) is 17.4. The maximum atomic E-state index is 11.5. The largest absolute Gasteiger partial charge is 0.378 e. The van der Waals surface area contributed by atoms with Crippen LogP contribution in [0.4, 0.5) is 11.4 Å². The van der Waals surface area contributed by atoms with Gasteiger partial charge in [0, 0.05) is 42.0 Å². The first kappa shape index (κ1) is 21.8. The zero-order chi connectivity index (χ0) is 22.3. The lowest BCUT2D eigenvalue weighted by molar-refractivity contribution is -0.134. The molecule has 9 heteroatoms. The van der Waals surface area contributed by atoms with Crippen LogP contribution in [0.2, 0.25) is 0 Å². The van der Waals surface area contributed by atoms with E-state index in [2.05, 4.69) is 44.5 Å². The van der Waals surface area contributed by atoms with Gasteiger partial charge in [0.2, 0.25) is 0 Å². The minimum absolute atomic E-state index is 0.494. The van der Waals surface area contributed by atoms with Crippen LogP contribution in [0.5, 0.6) is 0 Å². The van der Waals surface area contributed by atoms with Gasteiger partial charge in [-0.05, 0) is 42.0 Å². The highest BCUT2D eigenvalue weighted by Gasteiger charge is 2.12. The van der Waals surface area contributed by atoms with E-state index in [-0.39, 0.29) is 0 Å². The van der Waals surface area contributed by atoms with E-state index in [0.29, 0.717) is 12.1 Å². The Morgan fingerprint density at radius 2 is 1.88 bits per heavy atom. The van der Waals surface area contributed by atoms with E-state index in [4.69, 9.17) is 10.5 Å². The van der Waals surface area contributed by atoms with Crippen molar-refractivity contribution in [1.29, 1.82) is 0 Å². The lowest BCUT2D eigenvalue weighted by Gasteiger charge is -2.28. The van der Waals surface area contributed by atoms with Gasteiger partial charge in [-0.3, -0.25) is 9.59 Å². The molecule has 8 nitrogen and oxygen atoms in total. The van der Waals surface area contributed by atoms with E-state index >= 15 is 0 Å². The first-order valence-corrected chi connectivity index (χ1v) is 11.0. The molecule has 0 radical (unpaired) electrons. The van der Waals surface area contributed by atoms with Gasteiger partial charge in [-0.2, -0.15) is 0 Å². The van der Waals surface area contributed by atoms with E-state index in [1.54, 1.807) is 24.4 Å². The third-order valence-corrected chi connectivity index (χ3v) is 5.82. The lowest BCUT2D eigenvalue weighted by Crippen LogP contribution is -2.36. The number of amides is 2. The van der Waals surface area contributed by atoms with Crippen molar-refractivity contribution in [2.45, 2.75) is 16.3 Å². The van der Waals surface area contributed by atoms with Crippen LogP contribution in [0.1, 0.15) is 11.4 Å². The van der Waals surface area contributed by atoms with Crippen molar-refractivity contribution in [2.75, 3.05) is 36.5 Å². The molecule has 2 amide bonds. The summed E-state index contributed by atoms with van der Waals surface area (Å²) < 4.78 is 5.41. The first-order valence-electron chi connectivity index (χ1n) is 10.2. The van der Waals surface area contributed by atoms with E-state index in [1.165, 1.54) is 17.4 Å². The van der Waals surface area contributed by atoms with Gasteiger partial charge < -0.3 is 20.7 Å². The van der Waals surface area contributed by atoms with Crippen LogP contribution in [0.25, 0.3) is 0 Å². The number of carbonyl (C=O) groups excluding carboxylic acids is 2.